The third-order valence-electron chi connectivity index (χ3n) is 5.66. The third kappa shape index (κ3) is 3.29. The molecule has 1 aromatic heterocycles. The van der Waals surface area contributed by atoms with Crippen molar-refractivity contribution in [3.05, 3.63) is 36.0 Å². The molecule has 3 N–H and O–H groups in total. The Kier molecular flexibility index (Phi) is 4.59. The Labute approximate surface area is 157 Å². The van der Waals surface area contributed by atoms with E-state index in [9.17, 15) is 14.4 Å². The lowest BCUT2D eigenvalue weighted by molar-refractivity contribution is -0.131. The molecule has 1 saturated heterocycles. The van der Waals surface area contributed by atoms with Crippen LogP contribution < -0.4 is 10.6 Å². The zero-order valence-corrected chi connectivity index (χ0v) is 15.2. The molecule has 4 amide bonds. The number of fused-ring (bicyclic) bond motifs is 1. The van der Waals surface area contributed by atoms with E-state index in [-0.39, 0.29) is 30.8 Å². The summed E-state index contributed by atoms with van der Waals surface area (Å²) in [7, 11) is 0. The minimum atomic E-state index is -0.705. The molecule has 142 valence electrons. The molecular weight excluding hydrogens is 344 g/mol. The van der Waals surface area contributed by atoms with Gasteiger partial charge in [0.25, 0.3) is 5.91 Å². The standard InChI is InChI=1S/C20H24N4O3/c25-17(21-11-7-14-13-22-16-6-2-1-5-15(14)16)8-12-24-18(26)20(23-19(24)27)9-3-4-10-20/h1-2,5-6,13,22H,3-4,7-12H2,(H,21,25)(H,23,27). The van der Waals surface area contributed by atoms with E-state index in [0.29, 0.717) is 19.4 Å². The van der Waals surface area contributed by atoms with E-state index in [0.717, 1.165) is 35.7 Å². The van der Waals surface area contributed by atoms with Crippen LogP contribution in [0.1, 0.15) is 37.7 Å². The summed E-state index contributed by atoms with van der Waals surface area (Å²) in [6.07, 6.45) is 6.12. The van der Waals surface area contributed by atoms with Crippen LogP contribution in [0.2, 0.25) is 0 Å². The summed E-state index contributed by atoms with van der Waals surface area (Å²) in [5.74, 6) is -0.320. The number of aromatic amines is 1. The fourth-order valence-electron chi connectivity index (χ4n) is 4.17. The second-order valence-corrected chi connectivity index (χ2v) is 7.39. The van der Waals surface area contributed by atoms with Gasteiger partial charge in [0.05, 0.1) is 0 Å². The molecule has 2 aromatic rings. The van der Waals surface area contributed by atoms with Crippen LogP contribution in [0.25, 0.3) is 10.9 Å². The van der Waals surface area contributed by atoms with Crippen molar-refractivity contribution in [2.45, 2.75) is 44.1 Å². The normalized spacial score (nSPS) is 18.4. The summed E-state index contributed by atoms with van der Waals surface area (Å²) in [6.45, 7) is 0.649. The Bertz CT molecular complexity index is 882. The van der Waals surface area contributed by atoms with Gasteiger partial charge in [-0.25, -0.2) is 4.79 Å². The minimum absolute atomic E-state index is 0.128. The summed E-state index contributed by atoms with van der Waals surface area (Å²) < 4.78 is 0. The largest absolute Gasteiger partial charge is 0.361 e. The molecule has 0 bridgehead atoms. The summed E-state index contributed by atoms with van der Waals surface area (Å²) in [5, 5.41) is 6.87. The SMILES string of the molecule is O=C(CCN1C(=O)NC2(CCCC2)C1=O)NCCc1c[nH]c2ccccc12. The Morgan fingerprint density at radius 1 is 1.19 bits per heavy atom. The average Bonchev–Trinajstić information content (AvgIpc) is 3.35. The Morgan fingerprint density at radius 2 is 1.96 bits per heavy atom. The molecule has 7 nitrogen and oxygen atoms in total. The van der Waals surface area contributed by atoms with Gasteiger partial charge < -0.3 is 15.6 Å². The van der Waals surface area contributed by atoms with Gasteiger partial charge in [-0.1, -0.05) is 31.0 Å². The van der Waals surface area contributed by atoms with Crippen molar-refractivity contribution in [2.75, 3.05) is 13.1 Å². The van der Waals surface area contributed by atoms with Gasteiger partial charge in [0.1, 0.15) is 5.54 Å². The first kappa shape index (κ1) is 17.6. The third-order valence-corrected chi connectivity index (χ3v) is 5.66. The summed E-state index contributed by atoms with van der Waals surface area (Å²) in [5.41, 5.74) is 1.53. The van der Waals surface area contributed by atoms with E-state index in [2.05, 4.69) is 21.7 Å². The van der Waals surface area contributed by atoms with Crippen LogP contribution >= 0.6 is 0 Å². The molecule has 2 aliphatic rings. The van der Waals surface area contributed by atoms with Crippen LogP contribution in [0.15, 0.2) is 30.5 Å². The van der Waals surface area contributed by atoms with Crippen molar-refractivity contribution in [3.8, 4) is 0 Å². The van der Waals surface area contributed by atoms with Crippen LogP contribution in [-0.2, 0) is 16.0 Å². The van der Waals surface area contributed by atoms with E-state index in [1.807, 2.05) is 24.4 Å². The van der Waals surface area contributed by atoms with Gasteiger partial charge in [-0.2, -0.15) is 0 Å². The molecule has 27 heavy (non-hydrogen) atoms. The van der Waals surface area contributed by atoms with Crippen molar-refractivity contribution in [3.63, 3.8) is 0 Å². The lowest BCUT2D eigenvalue weighted by Crippen LogP contribution is -2.44. The molecule has 1 aliphatic carbocycles. The maximum Gasteiger partial charge on any atom is 0.325 e. The number of nitrogens with zero attached hydrogens (tertiary/aromatic N) is 1. The molecule has 1 spiro atoms. The number of aromatic nitrogens is 1. The van der Waals surface area contributed by atoms with Crippen molar-refractivity contribution >= 4 is 28.7 Å². The highest BCUT2D eigenvalue weighted by atomic mass is 16.2. The van der Waals surface area contributed by atoms with E-state index in [1.165, 1.54) is 4.90 Å². The molecule has 0 atom stereocenters. The number of hydrogen-bond acceptors (Lipinski definition) is 3. The number of benzene rings is 1. The van der Waals surface area contributed by atoms with Gasteiger partial charge in [-0.15, -0.1) is 0 Å². The van der Waals surface area contributed by atoms with Gasteiger partial charge in [0.2, 0.25) is 5.91 Å². The molecule has 7 heteroatoms. The zero-order valence-electron chi connectivity index (χ0n) is 15.2. The monoisotopic (exact) mass is 368 g/mol. The second kappa shape index (κ2) is 7.06. The van der Waals surface area contributed by atoms with Gasteiger partial charge in [-0.3, -0.25) is 14.5 Å². The average molecular weight is 368 g/mol. The number of urea groups is 1. The van der Waals surface area contributed by atoms with Crippen LogP contribution in [0.4, 0.5) is 4.79 Å². The highest BCUT2D eigenvalue weighted by Gasteiger charge is 2.52. The number of nitrogens with one attached hydrogen (secondary N) is 3. The van der Waals surface area contributed by atoms with Gasteiger partial charge in [0, 0.05) is 36.6 Å². The van der Waals surface area contributed by atoms with Gasteiger partial charge in [-0.05, 0) is 30.9 Å². The predicted octanol–water partition coefficient (Wildman–Crippen LogP) is 2.08. The Balaban J connectivity index is 1.25. The number of H-pyrrole nitrogens is 1. The molecule has 2 fully saturated rings. The number of amides is 4. The maximum atomic E-state index is 12.6. The van der Waals surface area contributed by atoms with E-state index < -0.39 is 5.54 Å². The van der Waals surface area contributed by atoms with Crippen molar-refractivity contribution in [1.82, 2.24) is 20.5 Å². The van der Waals surface area contributed by atoms with Gasteiger partial charge in [0.15, 0.2) is 0 Å². The molecule has 1 aliphatic heterocycles. The van der Waals surface area contributed by atoms with Crippen LogP contribution in [-0.4, -0.2) is 46.4 Å². The Hall–Kier alpha value is -2.83. The minimum Gasteiger partial charge on any atom is -0.361 e. The molecular formula is C20H24N4O3. The summed E-state index contributed by atoms with van der Waals surface area (Å²) in [4.78, 5) is 41.2. The quantitative estimate of drug-likeness (QED) is 0.682. The topological polar surface area (TPSA) is 94.3 Å². The first-order valence-electron chi connectivity index (χ1n) is 9.55. The second-order valence-electron chi connectivity index (χ2n) is 7.39. The maximum absolute atomic E-state index is 12.6. The van der Waals surface area contributed by atoms with Crippen molar-refractivity contribution in [2.24, 2.45) is 0 Å². The molecule has 1 saturated carbocycles. The molecule has 4 rings (SSSR count). The number of carbonyl (C=O) groups excluding carboxylic acids is 3. The summed E-state index contributed by atoms with van der Waals surface area (Å²) in [6, 6.07) is 7.68. The van der Waals surface area contributed by atoms with Crippen LogP contribution in [0, 0.1) is 0 Å². The lowest BCUT2D eigenvalue weighted by Gasteiger charge is -2.19. The molecule has 0 unspecified atom stereocenters. The molecule has 1 aromatic carbocycles. The number of rotatable bonds is 6. The fraction of sp³-hybridized carbons (Fsp3) is 0.450. The van der Waals surface area contributed by atoms with Crippen molar-refractivity contribution in [1.29, 1.82) is 0 Å². The highest BCUT2D eigenvalue weighted by Crippen LogP contribution is 2.35. The molecule has 2 heterocycles. The van der Waals surface area contributed by atoms with E-state index in [4.69, 9.17) is 0 Å². The fourth-order valence-corrected chi connectivity index (χ4v) is 4.17. The first-order chi connectivity index (χ1) is 13.1. The summed E-state index contributed by atoms with van der Waals surface area (Å²) >= 11 is 0. The van der Waals surface area contributed by atoms with Gasteiger partial charge >= 0.3 is 6.03 Å². The lowest BCUT2D eigenvalue weighted by atomic mass is 9.98. The number of carbonyl (C=O) groups is 3. The highest BCUT2D eigenvalue weighted by molar-refractivity contribution is 6.07. The van der Waals surface area contributed by atoms with E-state index in [1.54, 1.807) is 0 Å². The first-order valence-corrected chi connectivity index (χ1v) is 9.55. The van der Waals surface area contributed by atoms with E-state index >= 15 is 0 Å². The smallest absolute Gasteiger partial charge is 0.325 e. The van der Waals surface area contributed by atoms with Crippen LogP contribution in [0.5, 0.6) is 0 Å². The number of hydrogen-bond donors (Lipinski definition) is 3. The number of para-hydroxylation sites is 1. The number of imide groups is 1. The zero-order chi connectivity index (χ0) is 18.9. The van der Waals surface area contributed by atoms with Crippen molar-refractivity contribution < 1.29 is 14.4 Å². The predicted molar refractivity (Wildman–Crippen MR) is 101 cm³/mol. The Morgan fingerprint density at radius 3 is 2.78 bits per heavy atom. The van der Waals surface area contributed by atoms with Crippen LogP contribution in [0.3, 0.4) is 0 Å². The molecule has 0 radical (unpaired) electrons.